The number of nitrogens with zero attached hydrogens (tertiary/aromatic N) is 3. The minimum Gasteiger partial charge on any atom is -0.495 e. The van der Waals surface area contributed by atoms with Gasteiger partial charge < -0.3 is 20.4 Å². The van der Waals surface area contributed by atoms with Crippen molar-refractivity contribution in [2.45, 2.75) is 17.7 Å². The zero-order chi connectivity index (χ0) is 20.6. The molecule has 1 aliphatic rings. The monoisotopic (exact) mass is 412 g/mol. The number of ether oxygens (including phenoxy) is 1. The van der Waals surface area contributed by atoms with Gasteiger partial charge in [0.15, 0.2) is 9.84 Å². The van der Waals surface area contributed by atoms with Crippen LogP contribution in [0.25, 0.3) is 11.0 Å². The maximum atomic E-state index is 11.8. The molecule has 10 heteroatoms. The van der Waals surface area contributed by atoms with Gasteiger partial charge in [-0.1, -0.05) is 0 Å². The molecular weight excluding hydrogens is 392 g/mol. The van der Waals surface area contributed by atoms with Crippen molar-refractivity contribution < 1.29 is 13.2 Å². The fourth-order valence-corrected chi connectivity index (χ4v) is 3.63. The summed E-state index contributed by atoms with van der Waals surface area (Å²) < 4.78 is 28.9. The van der Waals surface area contributed by atoms with Gasteiger partial charge in [0.2, 0.25) is 5.95 Å². The SMILES string of the molecule is COc1cc(S(C)(=O)=O)ccc1Nc1nc(NCC2CC2)c2c(C#N)c[nH]c2n1. The molecule has 0 saturated heterocycles. The highest BCUT2D eigenvalue weighted by Gasteiger charge is 2.22. The Labute approximate surface area is 168 Å². The van der Waals surface area contributed by atoms with E-state index in [1.54, 1.807) is 12.3 Å². The summed E-state index contributed by atoms with van der Waals surface area (Å²) >= 11 is 0. The molecule has 3 N–H and O–H groups in total. The Morgan fingerprint density at radius 2 is 2.14 bits per heavy atom. The largest absolute Gasteiger partial charge is 0.495 e. The van der Waals surface area contributed by atoms with Crippen molar-refractivity contribution in [3.05, 3.63) is 30.0 Å². The smallest absolute Gasteiger partial charge is 0.231 e. The van der Waals surface area contributed by atoms with Crippen LogP contribution in [-0.2, 0) is 9.84 Å². The number of rotatable bonds is 7. The van der Waals surface area contributed by atoms with E-state index >= 15 is 0 Å². The first kappa shape index (κ1) is 19.0. The summed E-state index contributed by atoms with van der Waals surface area (Å²) in [5, 5.41) is 16.4. The standard InChI is InChI=1S/C19H20N6O3S/c1-28-15-7-13(29(2,26)27)5-6-14(15)23-19-24-17(21-9-11-3-4-11)16-12(8-20)10-22-18(16)25-19/h5-7,10-11H,3-4,9H2,1-2H3,(H3,21,22,23,24,25). The van der Waals surface area contributed by atoms with Crippen LogP contribution in [0.15, 0.2) is 29.3 Å². The highest BCUT2D eigenvalue weighted by Crippen LogP contribution is 2.33. The van der Waals surface area contributed by atoms with Gasteiger partial charge in [0.1, 0.15) is 23.3 Å². The van der Waals surface area contributed by atoms with Gasteiger partial charge in [0.05, 0.1) is 28.6 Å². The van der Waals surface area contributed by atoms with Gasteiger partial charge in [-0.05, 0) is 30.9 Å². The number of H-pyrrole nitrogens is 1. The van der Waals surface area contributed by atoms with E-state index in [9.17, 15) is 13.7 Å². The molecule has 1 aliphatic carbocycles. The molecule has 1 saturated carbocycles. The minimum atomic E-state index is -3.36. The van der Waals surface area contributed by atoms with Gasteiger partial charge in [-0.2, -0.15) is 15.2 Å². The van der Waals surface area contributed by atoms with Gasteiger partial charge >= 0.3 is 0 Å². The van der Waals surface area contributed by atoms with Crippen LogP contribution in [0.1, 0.15) is 18.4 Å². The summed E-state index contributed by atoms with van der Waals surface area (Å²) in [4.78, 5) is 12.2. The van der Waals surface area contributed by atoms with Crippen LogP contribution in [0.4, 0.5) is 17.5 Å². The lowest BCUT2D eigenvalue weighted by atomic mass is 10.2. The highest BCUT2D eigenvalue weighted by atomic mass is 32.2. The summed E-state index contributed by atoms with van der Waals surface area (Å²) in [6.45, 7) is 0.786. The number of aromatic nitrogens is 3. The molecule has 0 aliphatic heterocycles. The van der Waals surface area contributed by atoms with E-state index < -0.39 is 9.84 Å². The van der Waals surface area contributed by atoms with Gasteiger partial charge in [0.25, 0.3) is 0 Å². The maximum absolute atomic E-state index is 11.8. The summed E-state index contributed by atoms with van der Waals surface area (Å²) in [6, 6.07) is 6.70. The van der Waals surface area contributed by atoms with Gasteiger partial charge in [-0.3, -0.25) is 0 Å². The molecule has 1 fully saturated rings. The molecule has 9 nitrogen and oxygen atoms in total. The molecule has 2 aromatic heterocycles. The van der Waals surface area contributed by atoms with E-state index in [1.165, 1.54) is 32.1 Å². The Hall–Kier alpha value is -3.32. The number of benzene rings is 1. The molecule has 1 aromatic carbocycles. The number of anilines is 3. The van der Waals surface area contributed by atoms with E-state index in [1.807, 2.05) is 0 Å². The van der Waals surface area contributed by atoms with E-state index in [2.05, 4.69) is 31.7 Å². The van der Waals surface area contributed by atoms with Crippen molar-refractivity contribution in [1.29, 1.82) is 5.26 Å². The Bertz CT molecular complexity index is 1220. The molecule has 0 amide bonds. The summed E-state index contributed by atoms with van der Waals surface area (Å²) in [5.74, 6) is 1.86. The zero-order valence-electron chi connectivity index (χ0n) is 16.0. The van der Waals surface area contributed by atoms with Crippen LogP contribution in [-0.4, -0.2) is 43.3 Å². The van der Waals surface area contributed by atoms with Crippen LogP contribution in [0.5, 0.6) is 5.75 Å². The van der Waals surface area contributed by atoms with Crippen molar-refractivity contribution in [3.63, 3.8) is 0 Å². The van der Waals surface area contributed by atoms with Crippen LogP contribution < -0.4 is 15.4 Å². The number of sulfone groups is 1. The summed E-state index contributed by atoms with van der Waals surface area (Å²) in [5.41, 5.74) is 1.53. The average Bonchev–Trinajstić information content (AvgIpc) is 3.43. The van der Waals surface area contributed by atoms with Crippen LogP contribution in [0.3, 0.4) is 0 Å². The normalized spacial score (nSPS) is 13.8. The van der Waals surface area contributed by atoms with Gasteiger partial charge in [-0.25, -0.2) is 8.42 Å². The third-order valence-electron chi connectivity index (χ3n) is 4.75. The second-order valence-electron chi connectivity index (χ2n) is 7.02. The number of nitriles is 1. The second-order valence-corrected chi connectivity index (χ2v) is 9.03. The van der Waals surface area contributed by atoms with Crippen LogP contribution in [0, 0.1) is 17.2 Å². The molecule has 4 rings (SSSR count). The fourth-order valence-electron chi connectivity index (χ4n) is 2.99. The van der Waals surface area contributed by atoms with Crippen molar-refractivity contribution in [2.75, 3.05) is 30.5 Å². The van der Waals surface area contributed by atoms with Crippen molar-refractivity contribution in [2.24, 2.45) is 5.92 Å². The van der Waals surface area contributed by atoms with E-state index in [-0.39, 0.29) is 4.90 Å². The molecule has 0 spiro atoms. The molecule has 2 heterocycles. The maximum Gasteiger partial charge on any atom is 0.231 e. The Balaban J connectivity index is 1.71. The number of nitrogens with one attached hydrogen (secondary N) is 3. The predicted molar refractivity (Wildman–Crippen MR) is 109 cm³/mol. The number of aromatic amines is 1. The molecule has 0 bridgehead atoms. The van der Waals surface area contributed by atoms with Gasteiger partial charge in [0, 0.05) is 25.1 Å². The lowest BCUT2D eigenvalue weighted by molar-refractivity contribution is 0.415. The average molecular weight is 412 g/mol. The molecule has 3 aromatic rings. The van der Waals surface area contributed by atoms with Crippen LogP contribution >= 0.6 is 0 Å². The zero-order valence-corrected chi connectivity index (χ0v) is 16.8. The minimum absolute atomic E-state index is 0.158. The van der Waals surface area contributed by atoms with Crippen molar-refractivity contribution in [1.82, 2.24) is 15.0 Å². The topological polar surface area (TPSA) is 133 Å². The third-order valence-corrected chi connectivity index (χ3v) is 5.86. The highest BCUT2D eigenvalue weighted by molar-refractivity contribution is 7.90. The van der Waals surface area contributed by atoms with Crippen molar-refractivity contribution >= 4 is 38.3 Å². The van der Waals surface area contributed by atoms with E-state index in [4.69, 9.17) is 4.74 Å². The quantitative estimate of drug-likeness (QED) is 0.539. The number of hydrogen-bond donors (Lipinski definition) is 3. The Morgan fingerprint density at radius 1 is 1.34 bits per heavy atom. The van der Waals surface area contributed by atoms with E-state index in [0.29, 0.717) is 45.7 Å². The summed E-state index contributed by atoms with van der Waals surface area (Å²) in [7, 11) is -1.89. The first-order valence-corrected chi connectivity index (χ1v) is 11.0. The third kappa shape index (κ3) is 3.95. The summed E-state index contributed by atoms with van der Waals surface area (Å²) in [6.07, 6.45) is 5.12. The van der Waals surface area contributed by atoms with Crippen LogP contribution in [0.2, 0.25) is 0 Å². The van der Waals surface area contributed by atoms with Gasteiger partial charge in [-0.15, -0.1) is 0 Å². The lowest BCUT2D eigenvalue weighted by Crippen LogP contribution is -2.08. The second kappa shape index (κ2) is 7.25. The predicted octanol–water partition coefficient (Wildman–Crippen LogP) is 2.81. The first-order valence-electron chi connectivity index (χ1n) is 9.07. The Morgan fingerprint density at radius 3 is 2.79 bits per heavy atom. The molecule has 150 valence electrons. The number of hydrogen-bond acceptors (Lipinski definition) is 8. The molecule has 0 radical (unpaired) electrons. The number of methoxy groups -OCH3 is 1. The molecule has 0 atom stereocenters. The number of fused-ring (bicyclic) bond motifs is 1. The van der Waals surface area contributed by atoms with Crippen molar-refractivity contribution in [3.8, 4) is 11.8 Å². The first-order chi connectivity index (χ1) is 13.9. The Kier molecular flexibility index (Phi) is 4.76. The molecule has 0 unspecified atom stereocenters. The van der Waals surface area contributed by atoms with E-state index in [0.717, 1.165) is 12.8 Å². The lowest BCUT2D eigenvalue weighted by Gasteiger charge is -2.13. The fraction of sp³-hybridized carbons (Fsp3) is 0.316. The molecule has 29 heavy (non-hydrogen) atoms. The molecular formula is C19H20N6O3S.